The van der Waals surface area contributed by atoms with Crippen LogP contribution in [-0.4, -0.2) is 55.4 Å². The lowest BCUT2D eigenvalue weighted by atomic mass is 9.89. The van der Waals surface area contributed by atoms with Crippen LogP contribution >= 0.6 is 0 Å². The zero-order valence-corrected chi connectivity index (χ0v) is 19.4. The number of piperidine rings is 1. The lowest BCUT2D eigenvalue weighted by Crippen LogP contribution is -2.47. The molecule has 2 N–H and O–H groups in total. The van der Waals surface area contributed by atoms with E-state index in [4.69, 9.17) is 0 Å². The van der Waals surface area contributed by atoms with Gasteiger partial charge in [-0.1, -0.05) is 18.2 Å². The molecule has 2 aliphatic rings. The molecule has 0 saturated carbocycles. The van der Waals surface area contributed by atoms with Crippen LogP contribution in [0.15, 0.2) is 42.5 Å². The van der Waals surface area contributed by atoms with Crippen LogP contribution in [0.1, 0.15) is 35.4 Å². The lowest BCUT2D eigenvalue weighted by Gasteiger charge is -2.31. The molecular formula is C23H25FN4O5S. The van der Waals surface area contributed by atoms with Gasteiger partial charge in [-0.05, 0) is 59.7 Å². The van der Waals surface area contributed by atoms with Crippen LogP contribution in [0.5, 0.6) is 0 Å². The Bertz CT molecular complexity index is 1220. The highest BCUT2D eigenvalue weighted by Crippen LogP contribution is 2.29. The Kier molecular flexibility index (Phi) is 6.56. The van der Waals surface area contributed by atoms with Crippen molar-refractivity contribution in [2.24, 2.45) is 0 Å². The van der Waals surface area contributed by atoms with Crippen molar-refractivity contribution in [1.82, 2.24) is 14.5 Å². The summed E-state index contributed by atoms with van der Waals surface area (Å²) >= 11 is 0. The molecule has 9 nitrogen and oxygen atoms in total. The molecule has 0 unspecified atom stereocenters. The van der Waals surface area contributed by atoms with E-state index in [-0.39, 0.29) is 17.8 Å². The highest BCUT2D eigenvalue weighted by atomic mass is 32.2. The number of rotatable bonds is 3. The summed E-state index contributed by atoms with van der Waals surface area (Å²) in [6.07, 6.45) is 2.08. The SMILES string of the molecule is CS(=O)(=O)NC(=O)C(=O)N1CCC(c2ccc(NC(=O)N3Cc4ccc(F)cc4C3)cc2)CC1. The second kappa shape index (κ2) is 9.41. The Hall–Kier alpha value is -3.47. The number of amides is 4. The van der Waals surface area contributed by atoms with Gasteiger partial charge in [0.1, 0.15) is 5.82 Å². The maximum absolute atomic E-state index is 13.4. The van der Waals surface area contributed by atoms with E-state index in [1.165, 1.54) is 17.0 Å². The summed E-state index contributed by atoms with van der Waals surface area (Å²) in [4.78, 5) is 39.5. The zero-order valence-electron chi connectivity index (χ0n) is 18.6. The predicted molar refractivity (Wildman–Crippen MR) is 123 cm³/mol. The summed E-state index contributed by atoms with van der Waals surface area (Å²) < 4.78 is 37.4. The van der Waals surface area contributed by atoms with Crippen LogP contribution in [0.25, 0.3) is 0 Å². The van der Waals surface area contributed by atoms with Gasteiger partial charge in [-0.25, -0.2) is 22.3 Å². The van der Waals surface area contributed by atoms with Crippen LogP contribution in [0, 0.1) is 5.82 Å². The van der Waals surface area contributed by atoms with Gasteiger partial charge in [0, 0.05) is 31.9 Å². The Balaban J connectivity index is 1.28. The molecule has 2 aliphatic heterocycles. The van der Waals surface area contributed by atoms with Gasteiger partial charge in [0.2, 0.25) is 10.0 Å². The molecule has 0 bridgehead atoms. The molecule has 180 valence electrons. The van der Waals surface area contributed by atoms with E-state index in [9.17, 15) is 27.2 Å². The number of hydrogen-bond acceptors (Lipinski definition) is 5. The first-order valence-corrected chi connectivity index (χ1v) is 12.7. The molecule has 0 atom stereocenters. The Morgan fingerprint density at radius 2 is 1.59 bits per heavy atom. The van der Waals surface area contributed by atoms with Gasteiger partial charge in [-0.2, -0.15) is 0 Å². The van der Waals surface area contributed by atoms with E-state index in [2.05, 4.69) is 5.32 Å². The molecule has 1 fully saturated rings. The molecular weight excluding hydrogens is 463 g/mol. The Labute approximate surface area is 197 Å². The van der Waals surface area contributed by atoms with Crippen molar-refractivity contribution >= 4 is 33.6 Å². The van der Waals surface area contributed by atoms with Gasteiger partial charge in [-0.15, -0.1) is 0 Å². The molecule has 0 radical (unpaired) electrons. The number of likely N-dealkylation sites (tertiary alicyclic amines) is 1. The second-order valence-corrected chi connectivity index (χ2v) is 10.3. The number of carbonyl (C=O) groups is 3. The van der Waals surface area contributed by atoms with Crippen molar-refractivity contribution in [2.45, 2.75) is 31.8 Å². The summed E-state index contributed by atoms with van der Waals surface area (Å²) in [5.74, 6) is -2.14. The molecule has 0 spiro atoms. The smallest absolute Gasteiger partial charge is 0.322 e. The number of benzene rings is 2. The van der Waals surface area contributed by atoms with E-state index in [0.29, 0.717) is 44.7 Å². The topological polar surface area (TPSA) is 116 Å². The third-order valence-electron chi connectivity index (χ3n) is 6.07. The number of nitrogens with one attached hydrogen (secondary N) is 2. The number of sulfonamides is 1. The van der Waals surface area contributed by atoms with Gasteiger partial charge in [0.05, 0.1) is 6.26 Å². The van der Waals surface area contributed by atoms with Crippen LogP contribution in [0.4, 0.5) is 14.9 Å². The number of nitrogens with zero attached hydrogens (tertiary/aromatic N) is 2. The van der Waals surface area contributed by atoms with Crippen molar-refractivity contribution in [3.8, 4) is 0 Å². The minimum absolute atomic E-state index is 0.176. The number of fused-ring (bicyclic) bond motifs is 1. The van der Waals surface area contributed by atoms with Crippen LogP contribution in [0.2, 0.25) is 0 Å². The van der Waals surface area contributed by atoms with Crippen molar-refractivity contribution in [1.29, 1.82) is 0 Å². The van der Waals surface area contributed by atoms with Crippen LogP contribution in [-0.2, 0) is 32.7 Å². The maximum Gasteiger partial charge on any atom is 0.322 e. The number of hydrogen-bond donors (Lipinski definition) is 2. The van der Waals surface area contributed by atoms with E-state index < -0.39 is 21.8 Å². The van der Waals surface area contributed by atoms with Gasteiger partial charge >= 0.3 is 17.8 Å². The zero-order chi connectivity index (χ0) is 24.5. The standard InChI is InChI=1S/C23H25FN4O5S/c1-34(32,33)26-21(29)22(30)27-10-8-16(9-11-27)15-3-6-20(7-4-15)25-23(31)28-13-17-2-5-19(24)12-18(17)14-28/h2-7,12,16H,8-11,13-14H2,1H3,(H,25,31)(H,26,29). The van der Waals surface area contributed by atoms with Crippen molar-refractivity contribution in [2.75, 3.05) is 24.7 Å². The Morgan fingerprint density at radius 1 is 0.941 bits per heavy atom. The number of halogens is 1. The molecule has 11 heteroatoms. The maximum atomic E-state index is 13.4. The number of anilines is 1. The normalized spacial score (nSPS) is 16.2. The van der Waals surface area contributed by atoms with Gasteiger partial charge in [-0.3, -0.25) is 9.59 Å². The molecule has 4 amide bonds. The predicted octanol–water partition coefficient (Wildman–Crippen LogP) is 2.16. The van der Waals surface area contributed by atoms with Crippen molar-refractivity contribution in [3.63, 3.8) is 0 Å². The highest BCUT2D eigenvalue weighted by molar-refractivity contribution is 7.89. The third kappa shape index (κ3) is 5.53. The summed E-state index contributed by atoms with van der Waals surface area (Å²) in [5, 5.41) is 2.86. The Morgan fingerprint density at radius 3 is 2.24 bits per heavy atom. The molecule has 2 aromatic rings. The fraction of sp³-hybridized carbons (Fsp3) is 0.348. The molecule has 1 saturated heterocycles. The first-order chi connectivity index (χ1) is 16.1. The summed E-state index contributed by atoms with van der Waals surface area (Å²) in [5.41, 5.74) is 3.44. The van der Waals surface area contributed by atoms with Gasteiger partial charge in [0.25, 0.3) is 0 Å². The average molecular weight is 489 g/mol. The first-order valence-electron chi connectivity index (χ1n) is 10.8. The van der Waals surface area contributed by atoms with Crippen molar-refractivity contribution < 1.29 is 27.2 Å². The van der Waals surface area contributed by atoms with Gasteiger partial charge < -0.3 is 15.1 Å². The first kappa shape index (κ1) is 23.7. The third-order valence-corrected chi connectivity index (χ3v) is 6.62. The van der Waals surface area contributed by atoms with Gasteiger partial charge in [0.15, 0.2) is 0 Å². The highest BCUT2D eigenvalue weighted by Gasteiger charge is 2.29. The molecule has 2 heterocycles. The molecule has 34 heavy (non-hydrogen) atoms. The van der Waals surface area contributed by atoms with Crippen molar-refractivity contribution in [3.05, 3.63) is 65.0 Å². The average Bonchev–Trinajstić information content (AvgIpc) is 3.21. The summed E-state index contributed by atoms with van der Waals surface area (Å²) in [6, 6.07) is 11.7. The van der Waals surface area contributed by atoms with E-state index >= 15 is 0 Å². The van der Waals surface area contributed by atoms with Crippen LogP contribution in [0.3, 0.4) is 0 Å². The van der Waals surface area contributed by atoms with E-state index in [1.54, 1.807) is 15.7 Å². The lowest BCUT2D eigenvalue weighted by molar-refractivity contribution is -0.145. The quantitative estimate of drug-likeness (QED) is 0.643. The molecule has 4 rings (SSSR count). The largest absolute Gasteiger partial charge is 0.334 e. The van der Waals surface area contributed by atoms with E-state index in [1.807, 2.05) is 24.3 Å². The summed E-state index contributed by atoms with van der Waals surface area (Å²) in [6.45, 7) is 1.47. The monoisotopic (exact) mass is 488 g/mol. The van der Waals surface area contributed by atoms with E-state index in [0.717, 1.165) is 22.9 Å². The number of urea groups is 1. The molecule has 2 aromatic carbocycles. The minimum Gasteiger partial charge on any atom is -0.334 e. The fourth-order valence-corrected chi connectivity index (χ4v) is 4.74. The molecule has 0 aromatic heterocycles. The number of carbonyl (C=O) groups excluding carboxylic acids is 3. The molecule has 0 aliphatic carbocycles. The summed E-state index contributed by atoms with van der Waals surface area (Å²) in [7, 11) is -3.79. The van der Waals surface area contributed by atoms with Crippen LogP contribution < -0.4 is 10.0 Å². The fourth-order valence-electron chi connectivity index (χ4n) is 4.32. The second-order valence-electron chi connectivity index (χ2n) is 8.59. The minimum atomic E-state index is -3.79.